The largest absolute Gasteiger partial charge is 0.491 e. The molecule has 1 aromatic heterocycles. The van der Waals surface area contributed by atoms with Crippen LogP contribution >= 0.6 is 11.6 Å². The van der Waals surface area contributed by atoms with Crippen LogP contribution in [0.5, 0.6) is 5.75 Å². The third-order valence-electron chi connectivity index (χ3n) is 5.55. The van der Waals surface area contributed by atoms with Crippen LogP contribution in [0.2, 0.25) is 5.02 Å². The van der Waals surface area contributed by atoms with E-state index in [-0.39, 0.29) is 6.03 Å². The van der Waals surface area contributed by atoms with Crippen molar-refractivity contribution >= 4 is 23.3 Å². The molecule has 0 spiro atoms. The van der Waals surface area contributed by atoms with Crippen LogP contribution in [-0.4, -0.2) is 40.4 Å². The average molecular weight is 389 g/mol. The van der Waals surface area contributed by atoms with Crippen LogP contribution in [0.3, 0.4) is 0 Å². The highest BCUT2D eigenvalue weighted by Gasteiger charge is 2.28. The zero-order valence-electron chi connectivity index (χ0n) is 15.5. The molecular weight excluding hydrogens is 364 g/mol. The van der Waals surface area contributed by atoms with Gasteiger partial charge in [0.25, 0.3) is 0 Å². The molecule has 1 aliphatic heterocycles. The number of halogens is 1. The number of aryl methyl sites for hydroxylation is 1. The number of rotatable bonds is 5. The minimum atomic E-state index is -0.114. The van der Waals surface area contributed by atoms with E-state index in [1.54, 1.807) is 16.8 Å². The van der Waals surface area contributed by atoms with Crippen LogP contribution in [-0.2, 0) is 7.05 Å². The Labute approximate surface area is 164 Å². The van der Waals surface area contributed by atoms with Gasteiger partial charge in [-0.15, -0.1) is 0 Å². The molecule has 0 bridgehead atoms. The van der Waals surface area contributed by atoms with E-state index >= 15 is 0 Å². The van der Waals surface area contributed by atoms with Gasteiger partial charge in [-0.05, 0) is 48.9 Å². The van der Waals surface area contributed by atoms with Crippen LogP contribution in [0.1, 0.15) is 37.2 Å². The average Bonchev–Trinajstić information content (AvgIpc) is 3.24. The van der Waals surface area contributed by atoms with E-state index in [0.29, 0.717) is 41.4 Å². The molecule has 1 N–H and O–H groups in total. The molecule has 6 nitrogen and oxygen atoms in total. The second kappa shape index (κ2) is 7.80. The maximum Gasteiger partial charge on any atom is 0.321 e. The van der Waals surface area contributed by atoms with Crippen molar-refractivity contribution in [3.63, 3.8) is 0 Å². The van der Waals surface area contributed by atoms with Crippen LogP contribution in [0.25, 0.3) is 0 Å². The van der Waals surface area contributed by atoms with Crippen molar-refractivity contribution in [3.8, 4) is 5.75 Å². The smallest absolute Gasteiger partial charge is 0.321 e. The number of ether oxygens (including phenoxy) is 1. The van der Waals surface area contributed by atoms with Crippen molar-refractivity contribution in [2.24, 2.45) is 13.0 Å². The van der Waals surface area contributed by atoms with Gasteiger partial charge in [-0.2, -0.15) is 5.10 Å². The lowest BCUT2D eigenvalue weighted by Gasteiger charge is -2.26. The van der Waals surface area contributed by atoms with Gasteiger partial charge in [0, 0.05) is 37.3 Å². The van der Waals surface area contributed by atoms with Crippen LogP contribution in [0.4, 0.5) is 10.5 Å². The molecule has 27 heavy (non-hydrogen) atoms. The molecule has 2 fully saturated rings. The standard InChI is InChI=1S/C20H25ClN4O2/c1-24-11-16(10-22-24)15-7-8-25(12-15)20(26)23-18-9-17(21)5-6-19(18)27-13-14-3-2-4-14/h5-6,9-11,14-15H,2-4,7-8,12-13H2,1H3,(H,23,26)/t15-/m1/s1. The van der Waals surface area contributed by atoms with Crippen molar-refractivity contribution in [1.82, 2.24) is 14.7 Å². The summed E-state index contributed by atoms with van der Waals surface area (Å²) in [6.07, 6.45) is 8.58. The summed E-state index contributed by atoms with van der Waals surface area (Å²) >= 11 is 6.14. The van der Waals surface area contributed by atoms with E-state index < -0.39 is 0 Å². The summed E-state index contributed by atoms with van der Waals surface area (Å²) in [6, 6.07) is 5.27. The monoisotopic (exact) mass is 388 g/mol. The summed E-state index contributed by atoms with van der Waals surface area (Å²) in [5.41, 5.74) is 1.82. The quantitative estimate of drug-likeness (QED) is 0.831. The second-order valence-electron chi connectivity index (χ2n) is 7.56. The highest BCUT2D eigenvalue weighted by molar-refractivity contribution is 6.31. The molecule has 1 atom stereocenters. The van der Waals surface area contributed by atoms with E-state index in [1.807, 2.05) is 30.4 Å². The first-order valence-electron chi connectivity index (χ1n) is 9.55. The summed E-state index contributed by atoms with van der Waals surface area (Å²) in [4.78, 5) is 14.6. The molecule has 1 aliphatic carbocycles. The van der Waals surface area contributed by atoms with Crippen molar-refractivity contribution in [2.75, 3.05) is 25.0 Å². The normalized spacial score (nSPS) is 19.8. The molecule has 2 amide bonds. The number of hydrogen-bond donors (Lipinski definition) is 1. The zero-order valence-corrected chi connectivity index (χ0v) is 16.3. The lowest BCUT2D eigenvalue weighted by Crippen LogP contribution is -2.33. The van der Waals surface area contributed by atoms with Gasteiger partial charge in [-0.1, -0.05) is 18.0 Å². The van der Waals surface area contributed by atoms with Crippen molar-refractivity contribution in [2.45, 2.75) is 31.6 Å². The third-order valence-corrected chi connectivity index (χ3v) is 5.79. The van der Waals surface area contributed by atoms with Crippen molar-refractivity contribution < 1.29 is 9.53 Å². The number of carbonyl (C=O) groups excluding carboxylic acids is 1. The Kier molecular flexibility index (Phi) is 5.25. The van der Waals surface area contributed by atoms with Crippen LogP contribution < -0.4 is 10.1 Å². The minimum Gasteiger partial charge on any atom is -0.491 e. The fourth-order valence-electron chi connectivity index (χ4n) is 3.65. The van der Waals surface area contributed by atoms with Gasteiger partial charge in [-0.25, -0.2) is 4.79 Å². The van der Waals surface area contributed by atoms with E-state index in [2.05, 4.69) is 10.4 Å². The summed E-state index contributed by atoms with van der Waals surface area (Å²) in [5.74, 6) is 1.64. The number of nitrogens with zero attached hydrogens (tertiary/aromatic N) is 3. The molecule has 1 aromatic carbocycles. The Morgan fingerprint density at radius 1 is 1.37 bits per heavy atom. The van der Waals surface area contributed by atoms with Gasteiger partial charge in [0.05, 0.1) is 18.5 Å². The Balaban J connectivity index is 1.39. The summed E-state index contributed by atoms with van der Waals surface area (Å²) in [7, 11) is 1.91. The van der Waals surface area contributed by atoms with Gasteiger partial charge in [0.1, 0.15) is 5.75 Å². The third kappa shape index (κ3) is 4.21. The topological polar surface area (TPSA) is 59.4 Å². The van der Waals surface area contributed by atoms with Gasteiger partial charge < -0.3 is 15.0 Å². The summed E-state index contributed by atoms with van der Waals surface area (Å²) in [6.45, 7) is 2.11. The van der Waals surface area contributed by atoms with Crippen molar-refractivity contribution in [3.05, 3.63) is 41.2 Å². The summed E-state index contributed by atoms with van der Waals surface area (Å²) < 4.78 is 7.75. The van der Waals surface area contributed by atoms with Crippen LogP contribution in [0.15, 0.2) is 30.6 Å². The summed E-state index contributed by atoms with van der Waals surface area (Å²) in [5, 5.41) is 7.80. The number of anilines is 1. The number of benzene rings is 1. The highest BCUT2D eigenvalue weighted by Crippen LogP contribution is 2.33. The minimum absolute atomic E-state index is 0.114. The molecule has 144 valence electrons. The molecule has 0 unspecified atom stereocenters. The van der Waals surface area contributed by atoms with E-state index in [0.717, 1.165) is 13.0 Å². The van der Waals surface area contributed by atoms with Crippen molar-refractivity contribution in [1.29, 1.82) is 0 Å². The number of amides is 2. The fraction of sp³-hybridized carbons (Fsp3) is 0.500. The van der Waals surface area contributed by atoms with Crippen LogP contribution in [0, 0.1) is 5.92 Å². The molecule has 1 saturated carbocycles. The lowest BCUT2D eigenvalue weighted by molar-refractivity contribution is 0.181. The fourth-order valence-corrected chi connectivity index (χ4v) is 3.83. The molecule has 2 aliphatic rings. The number of nitrogens with one attached hydrogen (secondary N) is 1. The Hall–Kier alpha value is -2.21. The number of hydrogen-bond acceptors (Lipinski definition) is 3. The molecule has 2 aromatic rings. The van der Waals surface area contributed by atoms with Gasteiger partial charge in [0.15, 0.2) is 0 Å². The zero-order chi connectivity index (χ0) is 18.8. The Morgan fingerprint density at radius 3 is 2.93 bits per heavy atom. The molecule has 0 radical (unpaired) electrons. The number of likely N-dealkylation sites (tertiary alicyclic amines) is 1. The second-order valence-corrected chi connectivity index (χ2v) is 7.99. The first-order chi connectivity index (χ1) is 13.1. The molecule has 7 heteroatoms. The first kappa shape index (κ1) is 18.2. The number of carbonyl (C=O) groups is 1. The first-order valence-corrected chi connectivity index (χ1v) is 9.93. The predicted molar refractivity (Wildman–Crippen MR) is 105 cm³/mol. The predicted octanol–water partition coefficient (Wildman–Crippen LogP) is 4.27. The highest BCUT2D eigenvalue weighted by atomic mass is 35.5. The molecular formula is C20H25ClN4O2. The van der Waals surface area contributed by atoms with E-state index in [4.69, 9.17) is 16.3 Å². The molecule has 2 heterocycles. The Morgan fingerprint density at radius 2 is 2.22 bits per heavy atom. The van der Waals surface area contributed by atoms with Gasteiger partial charge in [-0.3, -0.25) is 4.68 Å². The maximum atomic E-state index is 12.8. The molecule has 4 rings (SSSR count). The lowest BCUT2D eigenvalue weighted by atomic mass is 9.86. The van der Waals surface area contributed by atoms with E-state index in [9.17, 15) is 4.79 Å². The van der Waals surface area contributed by atoms with Gasteiger partial charge in [0.2, 0.25) is 0 Å². The maximum absolute atomic E-state index is 12.8. The number of aromatic nitrogens is 2. The van der Waals surface area contributed by atoms with E-state index in [1.165, 1.54) is 24.8 Å². The van der Waals surface area contributed by atoms with Gasteiger partial charge >= 0.3 is 6.03 Å². The molecule has 1 saturated heterocycles. The number of urea groups is 1. The Bertz CT molecular complexity index is 818. The SMILES string of the molecule is Cn1cc([C@@H]2CCN(C(=O)Nc3cc(Cl)ccc3OCC3CCC3)C2)cn1.